The Kier molecular flexibility index (Phi) is 7.66. The number of hydrogen-bond donors (Lipinski definition) is 2. The SMILES string of the molecule is CCCN1CC2=C(C(=O)NC2c2cc(S(=O)(=O)N3CCN(Cc4nn[nH]n4)CC3)ccc2OCC)N(C)C1. The van der Waals surface area contributed by atoms with Gasteiger partial charge < -0.3 is 15.0 Å². The number of H-pyrrole nitrogens is 1. The minimum atomic E-state index is -3.75. The second kappa shape index (κ2) is 11.0. The third kappa shape index (κ3) is 5.13. The largest absolute Gasteiger partial charge is 0.494 e. The number of nitrogens with one attached hydrogen (secondary N) is 2. The van der Waals surface area contributed by atoms with Crippen molar-refractivity contribution in [1.29, 1.82) is 0 Å². The highest BCUT2D eigenvalue weighted by Gasteiger charge is 2.40. The summed E-state index contributed by atoms with van der Waals surface area (Å²) in [7, 11) is -1.83. The first kappa shape index (κ1) is 26.5. The zero-order chi connectivity index (χ0) is 26.9. The number of carbonyl (C=O) groups is 1. The molecule has 0 aliphatic carbocycles. The molecule has 4 heterocycles. The average molecular weight is 546 g/mol. The van der Waals surface area contributed by atoms with Gasteiger partial charge in [0.05, 0.1) is 30.8 Å². The van der Waals surface area contributed by atoms with Crippen molar-refractivity contribution in [1.82, 2.24) is 44.9 Å². The maximum Gasteiger partial charge on any atom is 0.268 e. The molecule has 0 saturated carbocycles. The van der Waals surface area contributed by atoms with Crippen molar-refractivity contribution in [2.75, 3.05) is 59.6 Å². The fraction of sp³-hybridized carbons (Fsp3) is 0.583. The molecular weight excluding hydrogens is 510 g/mol. The number of amides is 1. The Morgan fingerprint density at radius 3 is 2.61 bits per heavy atom. The Hall–Kier alpha value is -3.07. The summed E-state index contributed by atoms with van der Waals surface area (Å²) in [6, 6.07) is 4.52. The summed E-state index contributed by atoms with van der Waals surface area (Å²) >= 11 is 0. The lowest BCUT2D eigenvalue weighted by Crippen LogP contribution is -2.48. The van der Waals surface area contributed by atoms with Gasteiger partial charge in [-0.25, -0.2) is 8.42 Å². The number of piperazine rings is 1. The van der Waals surface area contributed by atoms with E-state index in [-0.39, 0.29) is 10.8 Å². The van der Waals surface area contributed by atoms with Crippen LogP contribution in [0.25, 0.3) is 0 Å². The first-order chi connectivity index (χ1) is 18.3. The molecule has 0 bridgehead atoms. The van der Waals surface area contributed by atoms with Gasteiger partial charge in [-0.15, -0.1) is 10.2 Å². The standard InChI is InChI=1S/C24H35N9O4S/c1-4-8-32-14-19-22(25-24(34)23(19)30(3)16-32)18-13-17(6-7-20(18)37-5-2)38(35,36)33-11-9-31(10-12-33)15-21-26-28-29-27-21/h6-7,13,22H,4-5,8-12,14-16H2,1-3H3,(H,25,34)(H,26,27,28,29). The van der Waals surface area contributed by atoms with E-state index in [1.807, 2.05) is 18.9 Å². The highest BCUT2D eigenvalue weighted by Crippen LogP contribution is 2.39. The zero-order valence-corrected chi connectivity index (χ0v) is 22.9. The number of tetrazole rings is 1. The van der Waals surface area contributed by atoms with Crippen LogP contribution in [0.3, 0.4) is 0 Å². The predicted octanol–water partition coefficient (Wildman–Crippen LogP) is 0.145. The number of aromatic nitrogens is 4. The first-order valence-electron chi connectivity index (χ1n) is 13.0. The number of benzene rings is 1. The summed E-state index contributed by atoms with van der Waals surface area (Å²) in [5, 5.41) is 17.1. The molecule has 1 aromatic carbocycles. The van der Waals surface area contributed by atoms with Gasteiger partial charge >= 0.3 is 0 Å². The van der Waals surface area contributed by atoms with Crippen LogP contribution in [-0.2, 0) is 21.4 Å². The number of nitrogens with zero attached hydrogens (tertiary/aromatic N) is 7. The van der Waals surface area contributed by atoms with E-state index in [4.69, 9.17) is 4.74 Å². The quantitative estimate of drug-likeness (QED) is 0.447. The summed E-state index contributed by atoms with van der Waals surface area (Å²) in [5.41, 5.74) is 2.27. The van der Waals surface area contributed by atoms with Gasteiger partial charge in [0.15, 0.2) is 5.82 Å². The lowest BCUT2D eigenvalue weighted by atomic mass is 9.97. The van der Waals surface area contributed by atoms with Gasteiger partial charge in [0.2, 0.25) is 10.0 Å². The molecular formula is C24H35N9O4S. The minimum absolute atomic E-state index is 0.142. The van der Waals surface area contributed by atoms with E-state index in [0.29, 0.717) is 75.4 Å². The maximum atomic E-state index is 13.7. The molecule has 0 spiro atoms. The Morgan fingerprint density at radius 2 is 1.92 bits per heavy atom. The van der Waals surface area contributed by atoms with Crippen LogP contribution in [0.15, 0.2) is 34.4 Å². The van der Waals surface area contributed by atoms with Gasteiger partial charge in [0.1, 0.15) is 11.4 Å². The minimum Gasteiger partial charge on any atom is -0.494 e. The molecule has 2 N–H and O–H groups in total. The van der Waals surface area contributed by atoms with E-state index < -0.39 is 16.1 Å². The smallest absolute Gasteiger partial charge is 0.268 e. The molecule has 2 aromatic rings. The Balaban J connectivity index is 1.41. The lowest BCUT2D eigenvalue weighted by Gasteiger charge is -2.35. The fourth-order valence-electron chi connectivity index (χ4n) is 5.47. The second-order valence-electron chi connectivity index (χ2n) is 9.81. The molecule has 38 heavy (non-hydrogen) atoms. The van der Waals surface area contributed by atoms with Crippen LogP contribution in [0.5, 0.6) is 5.75 Å². The summed E-state index contributed by atoms with van der Waals surface area (Å²) in [5.74, 6) is 1.01. The van der Waals surface area contributed by atoms with Crippen molar-refractivity contribution in [2.24, 2.45) is 0 Å². The number of ether oxygens (including phenoxy) is 1. The third-order valence-electron chi connectivity index (χ3n) is 7.19. The molecule has 13 nitrogen and oxygen atoms in total. The molecule has 206 valence electrons. The highest BCUT2D eigenvalue weighted by atomic mass is 32.2. The summed E-state index contributed by atoms with van der Waals surface area (Å²) in [4.78, 5) is 19.6. The number of carbonyl (C=O) groups excluding carboxylic acids is 1. The van der Waals surface area contributed by atoms with Crippen molar-refractivity contribution < 1.29 is 17.9 Å². The molecule has 1 fully saturated rings. The summed E-state index contributed by atoms with van der Waals surface area (Å²) in [6.45, 7) is 9.02. The van der Waals surface area contributed by atoms with Gasteiger partial charge in [0, 0.05) is 45.3 Å². The maximum absolute atomic E-state index is 13.7. The molecule has 0 radical (unpaired) electrons. The molecule has 1 atom stereocenters. The van der Waals surface area contributed by atoms with Gasteiger partial charge in [-0.1, -0.05) is 12.1 Å². The third-order valence-corrected chi connectivity index (χ3v) is 9.08. The van der Waals surface area contributed by atoms with Crippen LogP contribution in [0.2, 0.25) is 0 Å². The molecule has 5 rings (SSSR count). The van der Waals surface area contributed by atoms with E-state index in [9.17, 15) is 13.2 Å². The number of aromatic amines is 1. The topological polar surface area (TPSA) is 140 Å². The van der Waals surface area contributed by atoms with Crippen molar-refractivity contribution in [2.45, 2.75) is 37.8 Å². The number of rotatable bonds is 9. The van der Waals surface area contributed by atoms with E-state index in [1.165, 1.54) is 4.31 Å². The summed E-state index contributed by atoms with van der Waals surface area (Å²) < 4.78 is 34.8. The molecule has 1 aromatic heterocycles. The lowest BCUT2D eigenvalue weighted by molar-refractivity contribution is -0.118. The predicted molar refractivity (Wildman–Crippen MR) is 138 cm³/mol. The monoisotopic (exact) mass is 545 g/mol. The highest BCUT2D eigenvalue weighted by molar-refractivity contribution is 7.89. The Labute approximate surface area is 222 Å². The Morgan fingerprint density at radius 1 is 1.13 bits per heavy atom. The number of sulfonamides is 1. The Bertz CT molecular complexity index is 1290. The van der Waals surface area contributed by atoms with Crippen molar-refractivity contribution in [3.63, 3.8) is 0 Å². The van der Waals surface area contributed by atoms with Crippen molar-refractivity contribution in [3.05, 3.63) is 40.9 Å². The molecule has 1 saturated heterocycles. The van der Waals surface area contributed by atoms with E-state index in [1.54, 1.807) is 18.2 Å². The van der Waals surface area contributed by atoms with Crippen molar-refractivity contribution in [3.8, 4) is 5.75 Å². The zero-order valence-electron chi connectivity index (χ0n) is 22.1. The van der Waals surface area contributed by atoms with Crippen LogP contribution in [0, 0.1) is 0 Å². The van der Waals surface area contributed by atoms with Crippen LogP contribution in [0.1, 0.15) is 37.7 Å². The van der Waals surface area contributed by atoms with E-state index in [2.05, 4.69) is 42.7 Å². The molecule has 1 unspecified atom stereocenters. The van der Waals surface area contributed by atoms with Crippen LogP contribution < -0.4 is 10.1 Å². The molecule has 3 aliphatic rings. The average Bonchev–Trinajstić information content (AvgIpc) is 3.52. The molecule has 14 heteroatoms. The van der Waals surface area contributed by atoms with Crippen LogP contribution in [0.4, 0.5) is 0 Å². The van der Waals surface area contributed by atoms with Crippen molar-refractivity contribution >= 4 is 15.9 Å². The summed E-state index contributed by atoms with van der Waals surface area (Å²) in [6.07, 6.45) is 1.00. The first-order valence-corrected chi connectivity index (χ1v) is 14.4. The fourth-order valence-corrected chi connectivity index (χ4v) is 6.93. The molecule has 3 aliphatic heterocycles. The molecule has 1 amide bonds. The van der Waals surface area contributed by atoms with Gasteiger partial charge in [-0.2, -0.15) is 9.52 Å². The van der Waals surface area contributed by atoms with Gasteiger partial charge in [0.25, 0.3) is 5.91 Å². The van der Waals surface area contributed by atoms with E-state index in [0.717, 1.165) is 18.5 Å². The normalized spacial score (nSPS) is 21.6. The van der Waals surface area contributed by atoms with E-state index >= 15 is 0 Å². The number of likely N-dealkylation sites (N-methyl/N-ethyl adjacent to an activating group) is 1. The second-order valence-corrected chi connectivity index (χ2v) is 11.8. The van der Waals surface area contributed by atoms with Gasteiger partial charge in [-0.3, -0.25) is 14.6 Å². The van der Waals surface area contributed by atoms with Crippen LogP contribution >= 0.6 is 0 Å². The van der Waals surface area contributed by atoms with Crippen LogP contribution in [-0.4, -0.2) is 114 Å². The van der Waals surface area contributed by atoms with Gasteiger partial charge in [-0.05, 0) is 43.7 Å². The number of hydrogen-bond acceptors (Lipinski definition) is 10.